The molecule has 1 aromatic carbocycles. The van der Waals surface area contributed by atoms with Crippen molar-refractivity contribution in [2.24, 2.45) is 0 Å². The van der Waals surface area contributed by atoms with Gasteiger partial charge >= 0.3 is 0 Å². The Kier molecular flexibility index (Phi) is 5.20. The van der Waals surface area contributed by atoms with Crippen LogP contribution in [-0.2, 0) is 0 Å². The van der Waals surface area contributed by atoms with Crippen LogP contribution in [0.1, 0.15) is 22.7 Å². The van der Waals surface area contributed by atoms with E-state index >= 15 is 0 Å². The Balaban J connectivity index is 1.64. The molecule has 0 unspecified atom stereocenters. The molecule has 112 valence electrons. The van der Waals surface area contributed by atoms with Crippen LogP contribution in [0, 0.1) is 6.92 Å². The van der Waals surface area contributed by atoms with Crippen molar-refractivity contribution < 1.29 is 18.8 Å². The second-order valence-electron chi connectivity index (χ2n) is 4.46. The van der Waals surface area contributed by atoms with E-state index in [1.807, 2.05) is 24.3 Å². The number of rotatable bonds is 7. The van der Waals surface area contributed by atoms with E-state index in [1.165, 1.54) is 0 Å². The first-order valence-electron chi connectivity index (χ1n) is 6.67. The fourth-order valence-electron chi connectivity index (χ4n) is 1.70. The Morgan fingerprint density at radius 2 is 2.00 bits per heavy atom. The number of hydrogen-bond donors (Lipinski definition) is 1. The number of ether oxygens (including phenoxy) is 2. The van der Waals surface area contributed by atoms with Crippen LogP contribution in [-0.4, -0.2) is 31.3 Å². The van der Waals surface area contributed by atoms with Gasteiger partial charge in [-0.15, -0.1) is 0 Å². The van der Waals surface area contributed by atoms with E-state index in [1.54, 1.807) is 20.1 Å². The molecule has 0 fully saturated rings. The van der Waals surface area contributed by atoms with Gasteiger partial charge in [0.1, 0.15) is 17.3 Å². The first-order chi connectivity index (χ1) is 10.2. The van der Waals surface area contributed by atoms with Gasteiger partial charge in [0.05, 0.1) is 13.7 Å². The quantitative estimate of drug-likeness (QED) is 0.791. The molecular formula is C15H18N2O4. The molecule has 1 heterocycles. The number of aryl methyl sites for hydroxylation is 1. The highest BCUT2D eigenvalue weighted by atomic mass is 16.5. The number of nitrogens with zero attached hydrogens (tertiary/aromatic N) is 1. The zero-order valence-corrected chi connectivity index (χ0v) is 12.1. The van der Waals surface area contributed by atoms with Gasteiger partial charge in [-0.2, -0.15) is 0 Å². The Morgan fingerprint density at radius 1 is 1.29 bits per heavy atom. The zero-order chi connectivity index (χ0) is 15.1. The van der Waals surface area contributed by atoms with Crippen LogP contribution in [0.15, 0.2) is 34.9 Å². The van der Waals surface area contributed by atoms with E-state index in [4.69, 9.17) is 14.0 Å². The lowest BCUT2D eigenvalue weighted by molar-refractivity contribution is 0.0942. The van der Waals surface area contributed by atoms with Crippen LogP contribution >= 0.6 is 0 Å². The summed E-state index contributed by atoms with van der Waals surface area (Å²) in [6.07, 6.45) is 0.703. The highest BCUT2D eigenvalue weighted by molar-refractivity contribution is 5.92. The van der Waals surface area contributed by atoms with Crippen LogP contribution in [0.5, 0.6) is 11.5 Å². The summed E-state index contributed by atoms with van der Waals surface area (Å²) in [5.74, 6) is 1.94. The van der Waals surface area contributed by atoms with Gasteiger partial charge in [0.15, 0.2) is 5.69 Å². The lowest BCUT2D eigenvalue weighted by atomic mass is 10.3. The molecule has 0 saturated heterocycles. The number of hydrogen-bond acceptors (Lipinski definition) is 5. The number of carbonyl (C=O) groups is 1. The topological polar surface area (TPSA) is 73.6 Å². The second-order valence-corrected chi connectivity index (χ2v) is 4.46. The highest BCUT2D eigenvalue weighted by Gasteiger charge is 2.09. The van der Waals surface area contributed by atoms with Gasteiger partial charge in [-0.05, 0) is 37.6 Å². The Morgan fingerprint density at radius 3 is 2.62 bits per heavy atom. The first kappa shape index (κ1) is 14.9. The molecule has 21 heavy (non-hydrogen) atoms. The number of carbonyl (C=O) groups excluding carboxylic acids is 1. The molecule has 0 aliphatic rings. The standard InChI is InChI=1S/C15H18N2O4/c1-11-10-14(17-21-11)15(18)16-8-3-9-20-13-6-4-12(19-2)5-7-13/h4-7,10H,3,8-9H2,1-2H3,(H,16,18). The van der Waals surface area contributed by atoms with Crippen molar-refractivity contribution in [1.29, 1.82) is 0 Å². The van der Waals surface area contributed by atoms with Gasteiger partial charge < -0.3 is 19.3 Å². The minimum atomic E-state index is -0.240. The minimum absolute atomic E-state index is 0.240. The van der Waals surface area contributed by atoms with Crippen LogP contribution in [0.4, 0.5) is 0 Å². The molecule has 0 spiro atoms. The maximum Gasteiger partial charge on any atom is 0.273 e. The SMILES string of the molecule is COc1ccc(OCCCNC(=O)c2cc(C)on2)cc1. The molecule has 6 nitrogen and oxygen atoms in total. The van der Waals surface area contributed by atoms with Crippen molar-refractivity contribution in [3.63, 3.8) is 0 Å². The van der Waals surface area contributed by atoms with E-state index in [0.717, 1.165) is 11.5 Å². The average Bonchev–Trinajstić information content (AvgIpc) is 2.94. The van der Waals surface area contributed by atoms with Crippen LogP contribution in [0.3, 0.4) is 0 Å². The van der Waals surface area contributed by atoms with Crippen molar-refractivity contribution in [3.8, 4) is 11.5 Å². The van der Waals surface area contributed by atoms with Gasteiger partial charge in [0.25, 0.3) is 5.91 Å². The third kappa shape index (κ3) is 4.52. The van der Waals surface area contributed by atoms with Gasteiger partial charge in [0, 0.05) is 12.6 Å². The maximum atomic E-state index is 11.7. The van der Waals surface area contributed by atoms with Crippen LogP contribution in [0.25, 0.3) is 0 Å². The smallest absolute Gasteiger partial charge is 0.273 e. The molecule has 6 heteroatoms. The van der Waals surface area contributed by atoms with E-state index in [-0.39, 0.29) is 5.91 Å². The predicted octanol–water partition coefficient (Wildman–Crippen LogP) is 2.19. The normalized spacial score (nSPS) is 10.2. The summed E-state index contributed by atoms with van der Waals surface area (Å²) in [5.41, 5.74) is 0.295. The second kappa shape index (κ2) is 7.33. The summed E-state index contributed by atoms with van der Waals surface area (Å²) < 4.78 is 15.5. The molecule has 0 aliphatic carbocycles. The molecule has 0 radical (unpaired) electrons. The molecule has 1 aromatic heterocycles. The van der Waals surface area contributed by atoms with Crippen LogP contribution < -0.4 is 14.8 Å². The van der Waals surface area contributed by atoms with E-state index in [9.17, 15) is 4.79 Å². The summed E-state index contributed by atoms with van der Waals surface area (Å²) in [6.45, 7) is 2.78. The van der Waals surface area contributed by atoms with E-state index < -0.39 is 0 Å². The molecule has 0 saturated carbocycles. The largest absolute Gasteiger partial charge is 0.497 e. The summed E-state index contributed by atoms with van der Waals surface area (Å²) in [4.78, 5) is 11.7. The third-order valence-corrected chi connectivity index (χ3v) is 2.80. The number of methoxy groups -OCH3 is 1. The predicted molar refractivity (Wildman–Crippen MR) is 76.7 cm³/mol. The Bertz CT molecular complexity index is 578. The molecule has 0 atom stereocenters. The average molecular weight is 290 g/mol. The van der Waals surface area contributed by atoms with Crippen LogP contribution in [0.2, 0.25) is 0 Å². The molecular weight excluding hydrogens is 272 g/mol. The number of amides is 1. The molecule has 1 amide bonds. The van der Waals surface area contributed by atoms with Gasteiger partial charge in [-0.1, -0.05) is 5.16 Å². The highest BCUT2D eigenvalue weighted by Crippen LogP contribution is 2.16. The van der Waals surface area contributed by atoms with Gasteiger partial charge in [-0.25, -0.2) is 0 Å². The molecule has 2 rings (SSSR count). The van der Waals surface area contributed by atoms with Crippen molar-refractivity contribution in [3.05, 3.63) is 41.8 Å². The van der Waals surface area contributed by atoms with E-state index in [0.29, 0.717) is 31.0 Å². The molecule has 0 aliphatic heterocycles. The van der Waals surface area contributed by atoms with Gasteiger partial charge in [0.2, 0.25) is 0 Å². The molecule has 0 bridgehead atoms. The Hall–Kier alpha value is -2.50. The summed E-state index contributed by atoms with van der Waals surface area (Å²) in [5, 5.41) is 6.40. The summed E-state index contributed by atoms with van der Waals surface area (Å²) in [6, 6.07) is 8.96. The van der Waals surface area contributed by atoms with Crippen molar-refractivity contribution in [2.45, 2.75) is 13.3 Å². The fourth-order valence-corrected chi connectivity index (χ4v) is 1.70. The Labute approximate surface area is 123 Å². The third-order valence-electron chi connectivity index (χ3n) is 2.80. The van der Waals surface area contributed by atoms with Crippen molar-refractivity contribution in [2.75, 3.05) is 20.3 Å². The minimum Gasteiger partial charge on any atom is -0.497 e. The number of aromatic nitrogens is 1. The fraction of sp³-hybridized carbons (Fsp3) is 0.333. The molecule has 1 N–H and O–H groups in total. The lowest BCUT2D eigenvalue weighted by Gasteiger charge is -2.07. The number of nitrogens with one attached hydrogen (secondary N) is 1. The van der Waals surface area contributed by atoms with Crippen molar-refractivity contribution >= 4 is 5.91 Å². The maximum absolute atomic E-state index is 11.7. The van der Waals surface area contributed by atoms with Gasteiger partial charge in [-0.3, -0.25) is 4.79 Å². The summed E-state index contributed by atoms with van der Waals surface area (Å²) >= 11 is 0. The number of benzene rings is 1. The molecule has 2 aromatic rings. The van der Waals surface area contributed by atoms with Crippen molar-refractivity contribution in [1.82, 2.24) is 10.5 Å². The lowest BCUT2D eigenvalue weighted by Crippen LogP contribution is -2.25. The van der Waals surface area contributed by atoms with E-state index in [2.05, 4.69) is 10.5 Å². The monoisotopic (exact) mass is 290 g/mol. The first-order valence-corrected chi connectivity index (χ1v) is 6.67. The summed E-state index contributed by atoms with van der Waals surface area (Å²) in [7, 11) is 1.62. The zero-order valence-electron chi connectivity index (χ0n) is 12.1.